The summed E-state index contributed by atoms with van der Waals surface area (Å²) in [4.78, 5) is 42.1. The molecule has 2 aromatic carbocycles. The van der Waals surface area contributed by atoms with Crippen LogP contribution in [0.1, 0.15) is 44.4 Å². The number of amides is 4. The van der Waals surface area contributed by atoms with Crippen LogP contribution in [0.4, 0.5) is 16.2 Å². The molecule has 0 unspecified atom stereocenters. The van der Waals surface area contributed by atoms with E-state index in [1.807, 2.05) is 19.1 Å². The average molecular weight is 538 g/mol. The zero-order valence-corrected chi connectivity index (χ0v) is 22.2. The Bertz CT molecular complexity index is 1330. The Morgan fingerprint density at radius 3 is 2.43 bits per heavy atom. The third-order valence-corrected chi connectivity index (χ3v) is 6.94. The van der Waals surface area contributed by atoms with Crippen LogP contribution in [0.5, 0.6) is 5.75 Å². The van der Waals surface area contributed by atoms with Crippen LogP contribution in [0.3, 0.4) is 0 Å². The fraction of sp³-hybridized carbons (Fsp3) is 0.296. The van der Waals surface area contributed by atoms with Crippen molar-refractivity contribution >= 4 is 56.8 Å². The molecule has 1 fully saturated rings. The van der Waals surface area contributed by atoms with E-state index in [-0.39, 0.29) is 11.1 Å². The maximum absolute atomic E-state index is 13.4. The zero-order valence-electron chi connectivity index (χ0n) is 20.7. The largest absolute Gasteiger partial charge is 0.496 e. The minimum atomic E-state index is -0.778. The number of hydrogen-bond acceptors (Lipinski definition) is 5. The molecule has 2 aromatic rings. The van der Waals surface area contributed by atoms with E-state index in [1.165, 1.54) is 6.08 Å². The van der Waals surface area contributed by atoms with Gasteiger partial charge in [0.2, 0.25) is 0 Å². The summed E-state index contributed by atoms with van der Waals surface area (Å²) in [7, 11) is 1.56. The Labute approximate surface area is 213 Å². The molecular weight excluding hydrogens is 510 g/mol. The summed E-state index contributed by atoms with van der Waals surface area (Å²) < 4.78 is 6.49. The maximum Gasteiger partial charge on any atom is 0.335 e. The predicted molar refractivity (Wildman–Crippen MR) is 142 cm³/mol. The van der Waals surface area contributed by atoms with E-state index in [0.717, 1.165) is 32.7 Å². The standard InChI is InChI=1S/C27H28BrN3O4/c1-7-30-22-13-23(35-6)17(11-19(22)16(3)14-27(30,4)5)12-20-24(32)29-26(34)31(25(20)33)21-9-8-18(28)10-15(21)2/h8-14H,7H2,1-6H3,(H,29,32,34)/b20-12-. The third kappa shape index (κ3) is 4.27. The molecule has 0 atom stereocenters. The second-order valence-electron chi connectivity index (χ2n) is 9.23. The van der Waals surface area contributed by atoms with Gasteiger partial charge in [0.25, 0.3) is 11.8 Å². The summed E-state index contributed by atoms with van der Waals surface area (Å²) in [5.41, 5.74) is 4.51. The van der Waals surface area contributed by atoms with Gasteiger partial charge in [0.1, 0.15) is 11.3 Å². The van der Waals surface area contributed by atoms with E-state index in [2.05, 4.69) is 53.0 Å². The normalized spacial score (nSPS) is 18.4. The molecule has 0 saturated carbocycles. The lowest BCUT2D eigenvalue weighted by Gasteiger charge is -2.43. The van der Waals surface area contributed by atoms with Crippen molar-refractivity contribution in [2.45, 2.75) is 40.2 Å². The van der Waals surface area contributed by atoms with Gasteiger partial charge in [0.15, 0.2) is 0 Å². The van der Waals surface area contributed by atoms with Gasteiger partial charge < -0.3 is 9.64 Å². The van der Waals surface area contributed by atoms with E-state index >= 15 is 0 Å². The second kappa shape index (κ2) is 9.00. The molecule has 0 bridgehead atoms. The quantitative estimate of drug-likeness (QED) is 0.414. The molecule has 4 rings (SSSR count). The number of anilines is 2. The highest BCUT2D eigenvalue weighted by Crippen LogP contribution is 2.42. The number of carbonyl (C=O) groups excluding carboxylic acids is 3. The number of likely N-dealkylation sites (N-methyl/N-ethyl adjacent to an activating group) is 1. The topological polar surface area (TPSA) is 79.0 Å². The number of carbonyl (C=O) groups is 3. The molecule has 4 amide bonds. The van der Waals surface area contributed by atoms with E-state index < -0.39 is 17.8 Å². The number of methoxy groups -OCH3 is 1. The first-order valence-corrected chi connectivity index (χ1v) is 12.1. The second-order valence-corrected chi connectivity index (χ2v) is 10.1. The first kappa shape index (κ1) is 24.7. The molecule has 0 aromatic heterocycles. The highest BCUT2D eigenvalue weighted by molar-refractivity contribution is 9.10. The first-order chi connectivity index (χ1) is 16.5. The summed E-state index contributed by atoms with van der Waals surface area (Å²) >= 11 is 3.39. The number of fused-ring (bicyclic) bond motifs is 1. The number of aryl methyl sites for hydroxylation is 1. The Morgan fingerprint density at radius 2 is 1.80 bits per heavy atom. The van der Waals surface area contributed by atoms with Gasteiger partial charge in [-0.05, 0) is 76.1 Å². The lowest BCUT2D eigenvalue weighted by atomic mass is 9.87. The van der Waals surface area contributed by atoms with E-state index in [0.29, 0.717) is 22.6 Å². The molecule has 35 heavy (non-hydrogen) atoms. The molecule has 0 aliphatic carbocycles. The molecule has 2 heterocycles. The molecule has 2 aliphatic rings. The number of allylic oxidation sites excluding steroid dienone is 1. The van der Waals surface area contributed by atoms with E-state index in [9.17, 15) is 14.4 Å². The number of barbiturate groups is 1. The van der Waals surface area contributed by atoms with Gasteiger partial charge in [0, 0.05) is 33.9 Å². The average Bonchev–Trinajstić information content (AvgIpc) is 2.77. The van der Waals surface area contributed by atoms with Gasteiger partial charge in [-0.25, -0.2) is 9.69 Å². The Kier molecular flexibility index (Phi) is 6.36. The number of halogens is 1. The minimum absolute atomic E-state index is 0.143. The van der Waals surface area contributed by atoms with Crippen LogP contribution < -0.4 is 19.9 Å². The maximum atomic E-state index is 13.4. The summed E-state index contributed by atoms with van der Waals surface area (Å²) in [6.07, 6.45) is 3.70. The molecule has 0 spiro atoms. The monoisotopic (exact) mass is 537 g/mol. The van der Waals surface area contributed by atoms with Gasteiger partial charge >= 0.3 is 6.03 Å². The Morgan fingerprint density at radius 1 is 1.09 bits per heavy atom. The van der Waals surface area contributed by atoms with Crippen molar-refractivity contribution in [3.63, 3.8) is 0 Å². The number of benzene rings is 2. The van der Waals surface area contributed by atoms with Crippen molar-refractivity contribution in [1.82, 2.24) is 5.32 Å². The number of nitrogens with zero attached hydrogens (tertiary/aromatic N) is 2. The molecule has 1 saturated heterocycles. The van der Waals surface area contributed by atoms with Gasteiger partial charge in [-0.15, -0.1) is 0 Å². The Hall–Kier alpha value is -3.39. The predicted octanol–water partition coefficient (Wildman–Crippen LogP) is 5.45. The van der Waals surface area contributed by atoms with Crippen molar-refractivity contribution in [3.8, 4) is 5.75 Å². The van der Waals surface area contributed by atoms with Crippen molar-refractivity contribution in [3.05, 3.63) is 63.1 Å². The van der Waals surface area contributed by atoms with E-state index in [1.54, 1.807) is 32.2 Å². The molecule has 8 heteroatoms. The number of rotatable bonds is 4. The molecule has 1 N–H and O–H groups in total. The summed E-state index contributed by atoms with van der Waals surface area (Å²) in [6, 6.07) is 8.30. The van der Waals surface area contributed by atoms with Gasteiger partial charge in [-0.3, -0.25) is 14.9 Å². The smallest absolute Gasteiger partial charge is 0.335 e. The lowest BCUT2D eigenvalue weighted by molar-refractivity contribution is -0.122. The number of nitrogens with one attached hydrogen (secondary N) is 1. The van der Waals surface area contributed by atoms with Gasteiger partial charge in [-0.2, -0.15) is 0 Å². The van der Waals surface area contributed by atoms with Crippen molar-refractivity contribution < 1.29 is 19.1 Å². The summed E-state index contributed by atoms with van der Waals surface area (Å²) in [5, 5.41) is 2.29. The molecule has 7 nitrogen and oxygen atoms in total. The lowest BCUT2D eigenvalue weighted by Crippen LogP contribution is -2.54. The van der Waals surface area contributed by atoms with E-state index in [4.69, 9.17) is 4.74 Å². The summed E-state index contributed by atoms with van der Waals surface area (Å²) in [5.74, 6) is -0.897. The fourth-order valence-electron chi connectivity index (χ4n) is 4.89. The zero-order chi connectivity index (χ0) is 25.7. The van der Waals surface area contributed by atoms with Gasteiger partial charge in [-0.1, -0.05) is 22.0 Å². The molecule has 2 aliphatic heterocycles. The van der Waals surface area contributed by atoms with Crippen molar-refractivity contribution in [2.75, 3.05) is 23.5 Å². The SMILES string of the molecule is CCN1c2cc(OC)c(/C=C3/C(=O)NC(=O)N(c4ccc(Br)cc4C)C3=O)cc2C(C)=CC1(C)C. The first-order valence-electron chi connectivity index (χ1n) is 11.4. The van der Waals surface area contributed by atoms with Crippen LogP contribution >= 0.6 is 15.9 Å². The van der Waals surface area contributed by atoms with Crippen LogP contribution in [-0.4, -0.2) is 37.0 Å². The fourth-order valence-corrected chi connectivity index (χ4v) is 5.37. The highest BCUT2D eigenvalue weighted by atomic mass is 79.9. The van der Waals surface area contributed by atoms with Crippen LogP contribution in [0, 0.1) is 6.92 Å². The van der Waals surface area contributed by atoms with Crippen molar-refractivity contribution in [1.29, 1.82) is 0 Å². The van der Waals surface area contributed by atoms with Gasteiger partial charge in [0.05, 0.1) is 18.3 Å². The number of imide groups is 2. The Balaban J connectivity index is 1.84. The van der Waals surface area contributed by atoms with Crippen LogP contribution in [0.2, 0.25) is 0 Å². The third-order valence-electron chi connectivity index (χ3n) is 6.45. The number of ether oxygens (including phenoxy) is 1. The molecule has 182 valence electrons. The van der Waals surface area contributed by atoms with Crippen LogP contribution in [0.15, 0.2) is 46.5 Å². The number of hydrogen-bond donors (Lipinski definition) is 1. The minimum Gasteiger partial charge on any atom is -0.496 e. The summed E-state index contributed by atoms with van der Waals surface area (Å²) in [6.45, 7) is 11.1. The molecule has 0 radical (unpaired) electrons. The van der Waals surface area contributed by atoms with Crippen LogP contribution in [-0.2, 0) is 9.59 Å². The highest BCUT2D eigenvalue weighted by Gasteiger charge is 2.38. The van der Waals surface area contributed by atoms with Crippen molar-refractivity contribution in [2.24, 2.45) is 0 Å². The molecular formula is C27H28BrN3O4. The number of urea groups is 1. The van der Waals surface area contributed by atoms with Crippen LogP contribution in [0.25, 0.3) is 11.6 Å².